The van der Waals surface area contributed by atoms with Crippen LogP contribution in [0.4, 0.5) is 0 Å². The molecule has 1 heterocycles. The number of rotatable bonds is 4. The van der Waals surface area contributed by atoms with E-state index in [0.717, 1.165) is 31.5 Å². The summed E-state index contributed by atoms with van der Waals surface area (Å²) in [4.78, 5) is 12.2. The van der Waals surface area contributed by atoms with E-state index in [9.17, 15) is 4.79 Å². The Kier molecular flexibility index (Phi) is 5.53. The van der Waals surface area contributed by atoms with E-state index >= 15 is 0 Å². The molecule has 0 atom stereocenters. The predicted molar refractivity (Wildman–Crippen MR) is 85.9 cm³/mol. The Bertz CT molecular complexity index is 511. The van der Waals surface area contributed by atoms with Gasteiger partial charge in [-0.2, -0.15) is 0 Å². The molecule has 1 N–H and O–H groups in total. The van der Waals surface area contributed by atoms with Crippen LogP contribution < -0.4 is 5.32 Å². The van der Waals surface area contributed by atoms with Gasteiger partial charge in [-0.25, -0.2) is 0 Å². The van der Waals surface area contributed by atoms with Crippen LogP contribution in [0.25, 0.3) is 0 Å². The van der Waals surface area contributed by atoms with Gasteiger partial charge in [-0.15, -0.1) is 0 Å². The number of carbonyl (C=O) groups excluding carboxylic acids is 1. The average Bonchev–Trinajstić information content (AvgIpc) is 2.42. The second kappa shape index (κ2) is 6.99. The van der Waals surface area contributed by atoms with Gasteiger partial charge in [0.05, 0.1) is 6.42 Å². The first-order chi connectivity index (χ1) is 9.88. The molecule has 2 rings (SSSR count). The van der Waals surface area contributed by atoms with Crippen molar-refractivity contribution in [2.45, 2.75) is 38.7 Å². The van der Waals surface area contributed by atoms with Gasteiger partial charge in [-0.3, -0.25) is 4.79 Å². The Morgan fingerprint density at radius 1 is 1.33 bits per heavy atom. The van der Waals surface area contributed by atoms with Gasteiger partial charge in [0.1, 0.15) is 5.60 Å². The average molecular weight is 330 g/mol. The molecule has 0 amide bonds. The zero-order valence-corrected chi connectivity index (χ0v) is 13.9. The lowest BCUT2D eigenvalue weighted by molar-refractivity contribution is -0.161. The second-order valence-electron chi connectivity index (χ2n) is 6.01. The largest absolute Gasteiger partial charge is 0.459 e. The highest BCUT2D eigenvalue weighted by molar-refractivity contribution is 6.35. The minimum Gasteiger partial charge on any atom is -0.459 e. The first-order valence-electron chi connectivity index (χ1n) is 7.25. The molecule has 5 heteroatoms. The van der Waals surface area contributed by atoms with Crippen LogP contribution in [0.2, 0.25) is 10.0 Å². The molecule has 0 saturated carbocycles. The fraction of sp³-hybridized carbons (Fsp3) is 0.562. The number of nitrogens with one attached hydrogen (secondary N) is 1. The molecule has 1 saturated heterocycles. The fourth-order valence-corrected chi connectivity index (χ4v) is 3.23. The van der Waals surface area contributed by atoms with E-state index in [-0.39, 0.29) is 12.4 Å². The molecule has 0 aliphatic carbocycles. The van der Waals surface area contributed by atoms with Crippen molar-refractivity contribution >= 4 is 29.2 Å². The minimum atomic E-state index is -0.446. The van der Waals surface area contributed by atoms with Crippen LogP contribution in [0.3, 0.4) is 0 Å². The monoisotopic (exact) mass is 329 g/mol. The number of halogens is 2. The van der Waals surface area contributed by atoms with Gasteiger partial charge >= 0.3 is 5.97 Å². The Labute approximate surface area is 136 Å². The summed E-state index contributed by atoms with van der Waals surface area (Å²) in [7, 11) is 0. The van der Waals surface area contributed by atoms with E-state index in [2.05, 4.69) is 5.32 Å². The minimum absolute atomic E-state index is 0.171. The van der Waals surface area contributed by atoms with E-state index in [1.807, 2.05) is 13.8 Å². The molecule has 0 aromatic heterocycles. The lowest BCUT2D eigenvalue weighted by Crippen LogP contribution is -2.43. The molecule has 0 spiro atoms. The van der Waals surface area contributed by atoms with Gasteiger partial charge in [0.15, 0.2) is 0 Å². The molecule has 0 bridgehead atoms. The number of ether oxygens (including phenoxy) is 1. The Morgan fingerprint density at radius 3 is 2.62 bits per heavy atom. The van der Waals surface area contributed by atoms with Gasteiger partial charge in [0, 0.05) is 16.0 Å². The number of benzene rings is 1. The van der Waals surface area contributed by atoms with Crippen molar-refractivity contribution in [2.24, 2.45) is 5.92 Å². The fourth-order valence-electron chi connectivity index (χ4n) is 2.75. The lowest BCUT2D eigenvalue weighted by Gasteiger charge is -2.36. The van der Waals surface area contributed by atoms with Crippen LogP contribution in [0.1, 0.15) is 32.3 Å². The molecule has 0 radical (unpaired) electrons. The highest BCUT2D eigenvalue weighted by Gasteiger charge is 2.34. The Morgan fingerprint density at radius 2 is 2.00 bits per heavy atom. The predicted octanol–water partition coefficient (Wildman–Crippen LogP) is 3.86. The smallest absolute Gasteiger partial charge is 0.310 e. The maximum absolute atomic E-state index is 12.2. The third-order valence-electron chi connectivity index (χ3n) is 4.05. The zero-order chi connectivity index (χ0) is 15.5. The molecule has 1 aliphatic rings. The summed E-state index contributed by atoms with van der Waals surface area (Å²) >= 11 is 11.9. The van der Waals surface area contributed by atoms with Crippen molar-refractivity contribution in [2.75, 3.05) is 13.1 Å². The molecule has 1 aliphatic heterocycles. The first kappa shape index (κ1) is 16.6. The lowest BCUT2D eigenvalue weighted by atomic mass is 9.83. The van der Waals surface area contributed by atoms with Crippen molar-refractivity contribution in [1.82, 2.24) is 5.32 Å². The van der Waals surface area contributed by atoms with Gasteiger partial charge in [-0.05, 0) is 57.5 Å². The summed E-state index contributed by atoms with van der Waals surface area (Å²) in [5, 5.41) is 4.38. The quantitative estimate of drug-likeness (QED) is 0.852. The van der Waals surface area contributed by atoms with Gasteiger partial charge in [-0.1, -0.05) is 29.3 Å². The van der Waals surface area contributed by atoms with Gasteiger partial charge in [0.25, 0.3) is 0 Å². The van der Waals surface area contributed by atoms with Crippen molar-refractivity contribution in [1.29, 1.82) is 0 Å². The van der Waals surface area contributed by atoms with Crippen LogP contribution in [0.15, 0.2) is 18.2 Å². The van der Waals surface area contributed by atoms with E-state index in [1.165, 1.54) is 0 Å². The highest BCUT2D eigenvalue weighted by Crippen LogP contribution is 2.30. The normalized spacial score (nSPS) is 16.8. The van der Waals surface area contributed by atoms with Gasteiger partial charge < -0.3 is 10.1 Å². The Balaban J connectivity index is 1.97. The number of carbonyl (C=O) groups is 1. The molecule has 3 nitrogen and oxygen atoms in total. The topological polar surface area (TPSA) is 38.3 Å². The molecule has 1 aromatic rings. The Hall–Kier alpha value is -0.770. The number of hydrogen-bond acceptors (Lipinski definition) is 3. The zero-order valence-electron chi connectivity index (χ0n) is 12.4. The van der Waals surface area contributed by atoms with Gasteiger partial charge in [0.2, 0.25) is 0 Å². The molecule has 1 aromatic carbocycles. The molecule has 116 valence electrons. The van der Waals surface area contributed by atoms with E-state index < -0.39 is 5.60 Å². The van der Waals surface area contributed by atoms with Crippen LogP contribution in [-0.2, 0) is 16.0 Å². The third kappa shape index (κ3) is 4.60. The van der Waals surface area contributed by atoms with E-state index in [1.54, 1.807) is 18.2 Å². The summed E-state index contributed by atoms with van der Waals surface area (Å²) in [5.74, 6) is 0.145. The maximum atomic E-state index is 12.2. The number of esters is 1. The van der Waals surface area contributed by atoms with Crippen LogP contribution in [-0.4, -0.2) is 24.7 Å². The van der Waals surface area contributed by atoms with Crippen molar-refractivity contribution in [3.8, 4) is 0 Å². The third-order valence-corrected chi connectivity index (χ3v) is 4.64. The number of piperidine rings is 1. The van der Waals surface area contributed by atoms with Crippen LogP contribution >= 0.6 is 23.2 Å². The molecule has 21 heavy (non-hydrogen) atoms. The highest BCUT2D eigenvalue weighted by atomic mass is 35.5. The summed E-state index contributed by atoms with van der Waals surface area (Å²) in [6, 6.07) is 5.14. The maximum Gasteiger partial charge on any atom is 0.310 e. The summed E-state index contributed by atoms with van der Waals surface area (Å²) in [6.07, 6.45) is 2.23. The van der Waals surface area contributed by atoms with E-state index in [4.69, 9.17) is 27.9 Å². The van der Waals surface area contributed by atoms with Crippen LogP contribution in [0, 0.1) is 5.92 Å². The SMILES string of the molecule is CC(C)(OC(=O)Cc1ccc(Cl)cc1Cl)C1CCNCC1. The number of hydrogen-bond donors (Lipinski definition) is 1. The molecule has 1 fully saturated rings. The van der Waals surface area contributed by atoms with E-state index in [0.29, 0.717) is 16.0 Å². The second-order valence-corrected chi connectivity index (χ2v) is 6.86. The summed E-state index contributed by atoms with van der Waals surface area (Å²) in [5.41, 5.74) is 0.296. The van der Waals surface area contributed by atoms with Crippen LogP contribution in [0.5, 0.6) is 0 Å². The first-order valence-corrected chi connectivity index (χ1v) is 8.00. The molecule has 0 unspecified atom stereocenters. The summed E-state index contributed by atoms with van der Waals surface area (Å²) < 4.78 is 5.71. The molecular formula is C16H21Cl2NO2. The summed E-state index contributed by atoms with van der Waals surface area (Å²) in [6.45, 7) is 5.94. The molecular weight excluding hydrogens is 309 g/mol. The van der Waals surface area contributed by atoms with Crippen molar-refractivity contribution < 1.29 is 9.53 Å². The van der Waals surface area contributed by atoms with Crippen molar-refractivity contribution in [3.63, 3.8) is 0 Å². The standard InChI is InChI=1S/C16H21Cl2NO2/c1-16(2,12-5-7-19-8-6-12)21-15(20)9-11-3-4-13(17)10-14(11)18/h3-4,10,12,19H,5-9H2,1-2H3. The van der Waals surface area contributed by atoms with Crippen molar-refractivity contribution in [3.05, 3.63) is 33.8 Å².